The summed E-state index contributed by atoms with van der Waals surface area (Å²) in [5, 5.41) is 2.74. The van der Waals surface area contributed by atoms with E-state index in [0.29, 0.717) is 11.3 Å². The third-order valence-electron chi connectivity index (χ3n) is 4.27. The van der Waals surface area contributed by atoms with Crippen LogP contribution in [0.25, 0.3) is 0 Å². The van der Waals surface area contributed by atoms with Gasteiger partial charge in [-0.2, -0.15) is 0 Å². The van der Waals surface area contributed by atoms with Crippen molar-refractivity contribution in [3.63, 3.8) is 0 Å². The molecule has 0 aliphatic rings. The van der Waals surface area contributed by atoms with E-state index in [2.05, 4.69) is 10.0 Å². The molecule has 0 atom stereocenters. The van der Waals surface area contributed by atoms with Gasteiger partial charge in [0.1, 0.15) is 5.82 Å². The van der Waals surface area contributed by atoms with Gasteiger partial charge in [-0.1, -0.05) is 12.1 Å². The van der Waals surface area contributed by atoms with Crippen molar-refractivity contribution in [1.29, 1.82) is 0 Å². The second-order valence-electron chi connectivity index (χ2n) is 6.39. The first-order valence-corrected chi connectivity index (χ1v) is 10.00. The summed E-state index contributed by atoms with van der Waals surface area (Å²) in [4.78, 5) is 12.4. The van der Waals surface area contributed by atoms with E-state index >= 15 is 0 Å². The van der Waals surface area contributed by atoms with Crippen LogP contribution in [-0.4, -0.2) is 14.3 Å². The lowest BCUT2D eigenvalue weighted by Crippen LogP contribution is -2.14. The predicted molar refractivity (Wildman–Crippen MR) is 108 cm³/mol. The second kappa shape index (κ2) is 7.82. The fourth-order valence-corrected chi connectivity index (χ4v) is 3.62. The summed E-state index contributed by atoms with van der Waals surface area (Å²) in [5.41, 5.74) is 3.22. The molecule has 3 aromatic carbocycles. The van der Waals surface area contributed by atoms with E-state index in [-0.39, 0.29) is 16.5 Å². The molecule has 0 saturated heterocycles. The lowest BCUT2D eigenvalue weighted by Gasteiger charge is -2.10. The van der Waals surface area contributed by atoms with E-state index in [4.69, 9.17) is 0 Å². The molecular weight excluding hydrogens is 379 g/mol. The van der Waals surface area contributed by atoms with E-state index in [1.54, 1.807) is 12.1 Å². The van der Waals surface area contributed by atoms with Gasteiger partial charge >= 0.3 is 0 Å². The number of hydrogen-bond acceptors (Lipinski definition) is 3. The van der Waals surface area contributed by atoms with Crippen molar-refractivity contribution in [2.45, 2.75) is 18.7 Å². The van der Waals surface area contributed by atoms with Gasteiger partial charge in [0.25, 0.3) is 15.9 Å². The molecule has 5 nitrogen and oxygen atoms in total. The van der Waals surface area contributed by atoms with Crippen molar-refractivity contribution in [3.05, 3.63) is 89.2 Å². The number of carbonyl (C=O) groups excluding carboxylic acids is 1. The topological polar surface area (TPSA) is 75.3 Å². The summed E-state index contributed by atoms with van der Waals surface area (Å²) in [6, 6.07) is 16.3. The highest BCUT2D eigenvalue weighted by Crippen LogP contribution is 2.19. The molecular formula is C21H19FN2O3S. The van der Waals surface area contributed by atoms with Crippen LogP contribution in [0.3, 0.4) is 0 Å². The Kier molecular flexibility index (Phi) is 5.46. The van der Waals surface area contributed by atoms with Crippen molar-refractivity contribution < 1.29 is 17.6 Å². The minimum Gasteiger partial charge on any atom is -0.322 e. The maximum absolute atomic E-state index is 13.2. The zero-order chi connectivity index (χ0) is 20.3. The van der Waals surface area contributed by atoms with Gasteiger partial charge in [0.05, 0.1) is 10.6 Å². The molecule has 1 amide bonds. The highest BCUT2D eigenvalue weighted by Gasteiger charge is 2.15. The number of carbonyl (C=O) groups is 1. The molecule has 0 saturated carbocycles. The van der Waals surface area contributed by atoms with E-state index in [0.717, 1.165) is 17.2 Å². The Hall–Kier alpha value is -3.19. The van der Waals surface area contributed by atoms with Crippen LogP contribution in [-0.2, 0) is 10.0 Å². The Morgan fingerprint density at radius 1 is 0.857 bits per heavy atom. The standard InChI is InChI=1S/C21H19FN2O3S/c1-14-6-7-16(12-15(14)2)21(25)23-18-8-10-20(11-9-18)28(26,27)24-19-5-3-4-17(22)13-19/h3-13,24H,1-2H3,(H,23,25). The molecule has 3 aromatic rings. The quantitative estimate of drug-likeness (QED) is 0.665. The molecule has 0 unspecified atom stereocenters. The number of rotatable bonds is 5. The van der Waals surface area contributed by atoms with Gasteiger partial charge in [0.15, 0.2) is 0 Å². The number of nitrogens with one attached hydrogen (secondary N) is 2. The van der Waals surface area contributed by atoms with Crippen LogP contribution >= 0.6 is 0 Å². The molecule has 0 fully saturated rings. The third-order valence-corrected chi connectivity index (χ3v) is 5.67. The van der Waals surface area contributed by atoms with Gasteiger partial charge in [0, 0.05) is 11.3 Å². The van der Waals surface area contributed by atoms with E-state index in [1.807, 2.05) is 19.9 Å². The van der Waals surface area contributed by atoms with Gasteiger partial charge in [-0.15, -0.1) is 0 Å². The first kappa shape index (κ1) is 19.6. The molecule has 28 heavy (non-hydrogen) atoms. The molecule has 144 valence electrons. The number of anilines is 2. The van der Waals surface area contributed by atoms with Crippen molar-refractivity contribution in [2.24, 2.45) is 0 Å². The predicted octanol–water partition coefficient (Wildman–Crippen LogP) is 4.50. The fraction of sp³-hybridized carbons (Fsp3) is 0.0952. The largest absolute Gasteiger partial charge is 0.322 e. The first-order valence-electron chi connectivity index (χ1n) is 8.52. The van der Waals surface area contributed by atoms with Crippen LogP contribution in [0.4, 0.5) is 15.8 Å². The van der Waals surface area contributed by atoms with Crippen LogP contribution in [0, 0.1) is 19.7 Å². The van der Waals surface area contributed by atoms with E-state index in [1.165, 1.54) is 42.5 Å². The van der Waals surface area contributed by atoms with Crippen molar-refractivity contribution >= 4 is 27.3 Å². The monoisotopic (exact) mass is 398 g/mol. The summed E-state index contributed by atoms with van der Waals surface area (Å²) in [6.45, 7) is 3.89. The third kappa shape index (κ3) is 4.55. The molecule has 0 aromatic heterocycles. The molecule has 0 aliphatic heterocycles. The summed E-state index contributed by atoms with van der Waals surface area (Å²) in [6.07, 6.45) is 0. The highest BCUT2D eigenvalue weighted by atomic mass is 32.2. The number of benzene rings is 3. The van der Waals surface area contributed by atoms with Crippen molar-refractivity contribution in [1.82, 2.24) is 0 Å². The Bertz CT molecular complexity index is 1130. The number of halogens is 1. The molecule has 0 bridgehead atoms. The lowest BCUT2D eigenvalue weighted by molar-refractivity contribution is 0.102. The molecule has 3 rings (SSSR count). The highest BCUT2D eigenvalue weighted by molar-refractivity contribution is 7.92. The van der Waals surface area contributed by atoms with Gasteiger partial charge in [0.2, 0.25) is 0 Å². The zero-order valence-corrected chi connectivity index (χ0v) is 16.2. The van der Waals surface area contributed by atoms with Gasteiger partial charge < -0.3 is 5.32 Å². The SMILES string of the molecule is Cc1ccc(C(=O)Nc2ccc(S(=O)(=O)Nc3cccc(F)c3)cc2)cc1C. The van der Waals surface area contributed by atoms with Gasteiger partial charge in [-0.25, -0.2) is 12.8 Å². The lowest BCUT2D eigenvalue weighted by atomic mass is 10.1. The van der Waals surface area contributed by atoms with Crippen LogP contribution in [0.15, 0.2) is 71.6 Å². The normalized spacial score (nSPS) is 11.1. The molecule has 2 N–H and O–H groups in total. The average Bonchev–Trinajstić information content (AvgIpc) is 2.64. The second-order valence-corrected chi connectivity index (χ2v) is 8.08. The number of sulfonamides is 1. The summed E-state index contributed by atoms with van der Waals surface area (Å²) in [7, 11) is -3.87. The fourth-order valence-electron chi connectivity index (χ4n) is 2.57. The Morgan fingerprint density at radius 2 is 1.57 bits per heavy atom. The Balaban J connectivity index is 1.73. The maximum atomic E-state index is 13.2. The number of amides is 1. The summed E-state index contributed by atoms with van der Waals surface area (Å²) >= 11 is 0. The zero-order valence-electron chi connectivity index (χ0n) is 15.4. The average molecular weight is 398 g/mol. The van der Waals surface area contributed by atoms with Crippen molar-refractivity contribution in [2.75, 3.05) is 10.0 Å². The minimum atomic E-state index is -3.87. The molecule has 0 aliphatic carbocycles. The molecule has 0 heterocycles. The summed E-state index contributed by atoms with van der Waals surface area (Å²) in [5.74, 6) is -0.818. The van der Waals surface area contributed by atoms with Crippen LogP contribution in [0.1, 0.15) is 21.5 Å². The molecule has 0 spiro atoms. The van der Waals surface area contributed by atoms with Crippen LogP contribution < -0.4 is 10.0 Å². The Morgan fingerprint density at radius 3 is 2.21 bits per heavy atom. The molecule has 0 radical (unpaired) electrons. The number of aryl methyl sites for hydroxylation is 2. The van der Waals surface area contributed by atoms with Crippen molar-refractivity contribution in [3.8, 4) is 0 Å². The smallest absolute Gasteiger partial charge is 0.261 e. The Labute approximate surface area is 163 Å². The number of hydrogen-bond donors (Lipinski definition) is 2. The van der Waals surface area contributed by atoms with E-state index in [9.17, 15) is 17.6 Å². The van der Waals surface area contributed by atoms with Gasteiger partial charge in [-0.05, 0) is 79.6 Å². The summed E-state index contributed by atoms with van der Waals surface area (Å²) < 4.78 is 40.4. The first-order chi connectivity index (χ1) is 13.2. The maximum Gasteiger partial charge on any atom is 0.261 e. The van der Waals surface area contributed by atoms with Gasteiger partial charge in [-0.3, -0.25) is 9.52 Å². The molecule has 7 heteroatoms. The van der Waals surface area contributed by atoms with E-state index < -0.39 is 15.8 Å². The minimum absolute atomic E-state index is 0.000871. The van der Waals surface area contributed by atoms with Crippen LogP contribution in [0.2, 0.25) is 0 Å². The van der Waals surface area contributed by atoms with Crippen LogP contribution in [0.5, 0.6) is 0 Å².